The lowest BCUT2D eigenvalue weighted by molar-refractivity contribution is -0.120. The first-order valence-corrected chi connectivity index (χ1v) is 6.84. The van der Waals surface area contributed by atoms with Crippen molar-refractivity contribution >= 4 is 34.8 Å². The molecule has 0 aliphatic carbocycles. The van der Waals surface area contributed by atoms with Gasteiger partial charge in [0.25, 0.3) is 0 Å². The molecule has 0 spiro atoms. The maximum atomic E-state index is 12.7. The first kappa shape index (κ1) is 17.2. The van der Waals surface area contributed by atoms with E-state index in [9.17, 15) is 13.2 Å². The highest BCUT2D eigenvalue weighted by Gasteiger charge is 2.33. The van der Waals surface area contributed by atoms with Gasteiger partial charge >= 0.3 is 6.18 Å². The summed E-state index contributed by atoms with van der Waals surface area (Å²) in [6, 6.07) is 0.993. The van der Waals surface area contributed by atoms with Crippen LogP contribution in [0.25, 0.3) is 0 Å². The van der Waals surface area contributed by atoms with Crippen LogP contribution in [0.15, 0.2) is 6.07 Å². The van der Waals surface area contributed by atoms with Gasteiger partial charge in [-0.2, -0.15) is 13.2 Å². The molecule has 0 atom stereocenters. The molecule has 0 unspecified atom stereocenters. The molecule has 0 amide bonds. The minimum absolute atomic E-state index is 0.0688. The van der Waals surface area contributed by atoms with E-state index in [4.69, 9.17) is 23.2 Å². The average molecular weight is 330 g/mol. The molecule has 0 saturated carbocycles. The molecular weight excluding hydrogens is 314 g/mol. The molecule has 1 N–H and O–H groups in total. The Balaban J connectivity index is 3.22. The molecule has 1 aromatic heterocycles. The molecule has 0 aromatic carbocycles. The second kappa shape index (κ2) is 6.72. The van der Waals surface area contributed by atoms with Crippen LogP contribution in [0.3, 0.4) is 0 Å². The van der Waals surface area contributed by atoms with E-state index in [0.717, 1.165) is 4.90 Å². The fraction of sp³-hybridized carbons (Fsp3) is 0.583. The summed E-state index contributed by atoms with van der Waals surface area (Å²) in [7, 11) is 0. The van der Waals surface area contributed by atoms with Gasteiger partial charge in [0, 0.05) is 12.6 Å². The zero-order valence-corrected chi connectivity index (χ0v) is 12.9. The van der Waals surface area contributed by atoms with Gasteiger partial charge in [-0.05, 0) is 26.8 Å². The maximum Gasteiger partial charge on any atom is 0.405 e. The molecule has 0 aliphatic heterocycles. The molecule has 1 heterocycles. The number of anilines is 2. The lowest BCUT2D eigenvalue weighted by atomic mass is 10.3. The summed E-state index contributed by atoms with van der Waals surface area (Å²) in [6.45, 7) is 4.55. The fourth-order valence-corrected chi connectivity index (χ4v) is 2.18. The van der Waals surface area contributed by atoms with Crippen molar-refractivity contribution in [2.75, 3.05) is 23.3 Å². The zero-order valence-electron chi connectivity index (χ0n) is 11.4. The highest BCUT2D eigenvalue weighted by Crippen LogP contribution is 2.33. The summed E-state index contributed by atoms with van der Waals surface area (Å²) >= 11 is 11.9. The Morgan fingerprint density at radius 1 is 1.30 bits per heavy atom. The van der Waals surface area contributed by atoms with E-state index < -0.39 is 18.8 Å². The Morgan fingerprint density at radius 3 is 2.35 bits per heavy atom. The molecule has 3 nitrogen and oxygen atoms in total. The van der Waals surface area contributed by atoms with Crippen LogP contribution < -0.4 is 10.2 Å². The monoisotopic (exact) mass is 329 g/mol. The quantitative estimate of drug-likeness (QED) is 0.855. The van der Waals surface area contributed by atoms with E-state index in [1.165, 1.54) is 6.07 Å². The predicted octanol–water partition coefficient (Wildman–Crippen LogP) is 4.60. The number of hydrogen-bond acceptors (Lipinski definition) is 3. The molecule has 0 bridgehead atoms. The number of hydrogen-bond donors (Lipinski definition) is 1. The number of nitrogens with one attached hydrogen (secondary N) is 1. The molecule has 8 heteroatoms. The molecule has 0 radical (unpaired) electrons. The number of rotatable bonds is 5. The summed E-state index contributed by atoms with van der Waals surface area (Å²) < 4.78 is 38.0. The predicted molar refractivity (Wildman–Crippen MR) is 77.0 cm³/mol. The van der Waals surface area contributed by atoms with Crippen molar-refractivity contribution in [1.82, 2.24) is 4.98 Å². The molecule has 1 rings (SSSR count). The third-order valence-corrected chi connectivity index (χ3v) is 3.07. The van der Waals surface area contributed by atoms with E-state index in [1.807, 2.05) is 6.92 Å². The topological polar surface area (TPSA) is 28.2 Å². The summed E-state index contributed by atoms with van der Waals surface area (Å²) in [5, 5.41) is 3.26. The zero-order chi connectivity index (χ0) is 15.5. The van der Waals surface area contributed by atoms with Gasteiger partial charge in [0.15, 0.2) is 0 Å². The Kier molecular flexibility index (Phi) is 5.77. The van der Waals surface area contributed by atoms with Gasteiger partial charge in [0.2, 0.25) is 0 Å². The van der Waals surface area contributed by atoms with E-state index in [0.29, 0.717) is 12.4 Å². The highest BCUT2D eigenvalue weighted by atomic mass is 35.5. The van der Waals surface area contributed by atoms with Crippen molar-refractivity contribution in [3.8, 4) is 0 Å². The molecule has 0 fully saturated rings. The van der Waals surface area contributed by atoms with Gasteiger partial charge in [-0.25, -0.2) is 4.98 Å². The van der Waals surface area contributed by atoms with Crippen molar-refractivity contribution in [2.45, 2.75) is 33.0 Å². The van der Waals surface area contributed by atoms with Gasteiger partial charge in [-0.3, -0.25) is 0 Å². The Labute approximate surface area is 126 Å². The Hall–Kier alpha value is -0.880. The van der Waals surface area contributed by atoms with Crippen molar-refractivity contribution in [2.24, 2.45) is 0 Å². The molecule has 0 saturated heterocycles. The fourth-order valence-electron chi connectivity index (χ4n) is 1.64. The molecule has 1 aromatic rings. The standard InChI is InChI=1S/C12H16Cl2F3N3/c1-4-18-10-8(13)5-9(14)11(19-10)20(7(2)3)6-12(15,16)17/h5,7H,4,6H2,1-3H3,(H,18,19). The lowest BCUT2D eigenvalue weighted by Crippen LogP contribution is -2.40. The summed E-state index contributed by atoms with van der Waals surface area (Å²) in [5.74, 6) is 0.390. The van der Waals surface area contributed by atoms with Crippen LogP contribution in [-0.2, 0) is 0 Å². The van der Waals surface area contributed by atoms with Crippen LogP contribution in [0.1, 0.15) is 20.8 Å². The Morgan fingerprint density at radius 2 is 1.90 bits per heavy atom. The maximum absolute atomic E-state index is 12.7. The van der Waals surface area contributed by atoms with Crippen LogP contribution in [0, 0.1) is 0 Å². The first-order valence-electron chi connectivity index (χ1n) is 6.09. The third-order valence-electron chi connectivity index (χ3n) is 2.50. The third kappa shape index (κ3) is 4.59. The van der Waals surface area contributed by atoms with E-state index in [2.05, 4.69) is 10.3 Å². The molecule has 0 aliphatic rings. The van der Waals surface area contributed by atoms with Gasteiger partial charge < -0.3 is 10.2 Å². The summed E-state index contributed by atoms with van der Waals surface area (Å²) in [5.41, 5.74) is 0. The number of aromatic nitrogens is 1. The second-order valence-electron chi connectivity index (χ2n) is 4.49. The molecule has 20 heavy (non-hydrogen) atoms. The average Bonchev–Trinajstić information content (AvgIpc) is 2.29. The van der Waals surface area contributed by atoms with Gasteiger partial charge in [-0.15, -0.1) is 0 Å². The van der Waals surface area contributed by atoms with Crippen molar-refractivity contribution in [1.29, 1.82) is 0 Å². The Bertz CT molecular complexity index is 464. The number of pyridine rings is 1. The van der Waals surface area contributed by atoms with Crippen LogP contribution in [0.5, 0.6) is 0 Å². The first-order chi connectivity index (χ1) is 9.15. The van der Waals surface area contributed by atoms with Crippen LogP contribution in [-0.4, -0.2) is 30.3 Å². The van der Waals surface area contributed by atoms with Crippen LogP contribution in [0.2, 0.25) is 10.0 Å². The van der Waals surface area contributed by atoms with Crippen LogP contribution in [0.4, 0.5) is 24.8 Å². The van der Waals surface area contributed by atoms with Gasteiger partial charge in [0.05, 0.1) is 10.0 Å². The van der Waals surface area contributed by atoms with Gasteiger partial charge in [0.1, 0.15) is 18.2 Å². The van der Waals surface area contributed by atoms with Crippen LogP contribution >= 0.6 is 23.2 Å². The lowest BCUT2D eigenvalue weighted by Gasteiger charge is -2.30. The van der Waals surface area contributed by atoms with E-state index >= 15 is 0 Å². The summed E-state index contributed by atoms with van der Waals surface area (Å²) in [4.78, 5) is 5.21. The highest BCUT2D eigenvalue weighted by molar-refractivity contribution is 6.37. The summed E-state index contributed by atoms with van der Waals surface area (Å²) in [6.07, 6.45) is -4.34. The van der Waals surface area contributed by atoms with E-state index in [-0.39, 0.29) is 15.9 Å². The largest absolute Gasteiger partial charge is 0.405 e. The SMILES string of the molecule is CCNc1nc(N(CC(F)(F)F)C(C)C)c(Cl)cc1Cl. The minimum atomic E-state index is -4.34. The number of alkyl halides is 3. The normalized spacial score (nSPS) is 11.8. The van der Waals surface area contributed by atoms with Gasteiger partial charge in [-0.1, -0.05) is 23.2 Å². The van der Waals surface area contributed by atoms with Crippen molar-refractivity contribution in [3.63, 3.8) is 0 Å². The smallest absolute Gasteiger partial charge is 0.369 e. The minimum Gasteiger partial charge on any atom is -0.369 e. The number of nitrogens with zero attached hydrogens (tertiary/aromatic N) is 2. The second-order valence-corrected chi connectivity index (χ2v) is 5.31. The van der Waals surface area contributed by atoms with Crippen molar-refractivity contribution < 1.29 is 13.2 Å². The number of halogens is 5. The molecule has 114 valence electrons. The van der Waals surface area contributed by atoms with E-state index in [1.54, 1.807) is 13.8 Å². The molecular formula is C12H16Cl2F3N3. The van der Waals surface area contributed by atoms with Crippen molar-refractivity contribution in [3.05, 3.63) is 16.1 Å².